The van der Waals surface area contributed by atoms with E-state index in [4.69, 9.17) is 14.2 Å². The van der Waals surface area contributed by atoms with Gasteiger partial charge in [-0.25, -0.2) is 4.68 Å². The zero-order chi connectivity index (χ0) is 23.9. The van der Waals surface area contributed by atoms with Crippen LogP contribution < -0.4 is 24.8 Å². The molecule has 34 heavy (non-hydrogen) atoms. The maximum atomic E-state index is 13.9. The minimum absolute atomic E-state index is 0.104. The number of nitrogens with one attached hydrogen (secondary N) is 2. The normalized spacial score (nSPS) is 18.7. The van der Waals surface area contributed by atoms with Gasteiger partial charge in [0, 0.05) is 19.0 Å². The minimum Gasteiger partial charge on any atom is -0.497 e. The summed E-state index contributed by atoms with van der Waals surface area (Å²) in [5.74, 6) is 1.35. The van der Waals surface area contributed by atoms with Crippen LogP contribution in [0.15, 0.2) is 48.5 Å². The van der Waals surface area contributed by atoms with E-state index in [1.807, 2.05) is 0 Å². The molecule has 2 aliphatic heterocycles. The first-order valence-corrected chi connectivity index (χ1v) is 10.6. The second-order valence-electron chi connectivity index (χ2n) is 7.99. The molecule has 2 aliphatic rings. The number of hydrogen-bond acceptors (Lipinski definition) is 6. The van der Waals surface area contributed by atoms with E-state index >= 15 is 0 Å². The first kappa shape index (κ1) is 21.9. The van der Waals surface area contributed by atoms with E-state index in [0.717, 1.165) is 10.2 Å². The van der Waals surface area contributed by atoms with Crippen LogP contribution in [0, 0.1) is 0 Å². The molecule has 0 bridgehead atoms. The highest BCUT2D eigenvalue weighted by Gasteiger charge is 2.46. The van der Waals surface area contributed by atoms with Gasteiger partial charge in [-0.15, -0.1) is 0 Å². The Bertz CT molecular complexity index is 1210. The van der Waals surface area contributed by atoms with Gasteiger partial charge >= 0.3 is 6.18 Å². The number of alkyl halides is 3. The zero-order valence-corrected chi connectivity index (χ0v) is 18.1. The van der Waals surface area contributed by atoms with Crippen LogP contribution in [0.2, 0.25) is 0 Å². The van der Waals surface area contributed by atoms with Gasteiger partial charge in [0.1, 0.15) is 11.6 Å². The molecule has 0 saturated carbocycles. The number of benzene rings is 2. The maximum Gasteiger partial charge on any atom is 0.410 e. The van der Waals surface area contributed by atoms with Gasteiger partial charge in [0.05, 0.1) is 13.2 Å². The Labute approximate surface area is 192 Å². The Morgan fingerprint density at radius 3 is 2.68 bits per heavy atom. The van der Waals surface area contributed by atoms with E-state index in [1.165, 1.54) is 13.2 Å². The lowest BCUT2D eigenvalue weighted by molar-refractivity contribution is -0.173. The Morgan fingerprint density at radius 2 is 1.94 bits per heavy atom. The van der Waals surface area contributed by atoms with Gasteiger partial charge in [0.25, 0.3) is 5.91 Å². The lowest BCUT2D eigenvalue weighted by Crippen LogP contribution is -2.35. The van der Waals surface area contributed by atoms with Crippen LogP contribution in [0.5, 0.6) is 17.2 Å². The van der Waals surface area contributed by atoms with Crippen LogP contribution in [0.25, 0.3) is 0 Å². The summed E-state index contributed by atoms with van der Waals surface area (Å²) in [4.78, 5) is 12.7. The number of carbonyl (C=O) groups excluding carboxylic acids is 1. The van der Waals surface area contributed by atoms with Gasteiger partial charge < -0.3 is 24.8 Å². The van der Waals surface area contributed by atoms with Crippen molar-refractivity contribution in [3.8, 4) is 17.2 Å². The molecule has 8 nitrogen and oxygen atoms in total. The van der Waals surface area contributed by atoms with Crippen molar-refractivity contribution in [1.82, 2.24) is 15.1 Å². The van der Waals surface area contributed by atoms with Crippen LogP contribution in [0.3, 0.4) is 0 Å². The summed E-state index contributed by atoms with van der Waals surface area (Å²) in [6.07, 6.45) is -4.80. The standard InChI is InChI=1S/C23H21F3N4O4/c1-32-15-5-3-14(4-6-15)16-9-20(23(24,25)26)30-21(28-16)10-17(29-30)22(31)27-11-13-2-7-18-19(8-13)34-12-33-18/h2-8,10,16,20,28H,9,11-12H2,1H3,(H,27,31)/t16-,20-/m0/s1. The molecular formula is C23H21F3N4O4. The van der Waals surface area contributed by atoms with E-state index in [-0.39, 0.29) is 31.3 Å². The number of amides is 1. The summed E-state index contributed by atoms with van der Waals surface area (Å²) in [5, 5.41) is 9.75. The lowest BCUT2D eigenvalue weighted by Gasteiger charge is -2.33. The molecule has 1 amide bonds. The van der Waals surface area contributed by atoms with Crippen LogP contribution in [-0.4, -0.2) is 35.8 Å². The first-order valence-electron chi connectivity index (χ1n) is 10.6. The smallest absolute Gasteiger partial charge is 0.410 e. The highest BCUT2D eigenvalue weighted by Crippen LogP contribution is 2.43. The van der Waals surface area contributed by atoms with E-state index in [2.05, 4.69) is 15.7 Å². The molecule has 0 aliphatic carbocycles. The number of nitrogens with zero attached hydrogens (tertiary/aromatic N) is 2. The average Bonchev–Trinajstić information content (AvgIpc) is 3.47. The molecule has 1 aromatic heterocycles. The molecule has 3 heterocycles. The molecule has 2 aromatic carbocycles. The third-order valence-corrected chi connectivity index (χ3v) is 5.83. The molecule has 178 valence electrons. The Morgan fingerprint density at radius 1 is 1.18 bits per heavy atom. The predicted molar refractivity (Wildman–Crippen MR) is 115 cm³/mol. The zero-order valence-electron chi connectivity index (χ0n) is 18.1. The monoisotopic (exact) mass is 474 g/mol. The van der Waals surface area contributed by atoms with Gasteiger partial charge in [-0.05, 0) is 35.4 Å². The molecule has 0 radical (unpaired) electrons. The number of halogens is 3. The molecule has 0 fully saturated rings. The van der Waals surface area contributed by atoms with Crippen LogP contribution in [0.4, 0.5) is 19.0 Å². The topological polar surface area (TPSA) is 86.6 Å². The summed E-state index contributed by atoms with van der Waals surface area (Å²) in [7, 11) is 1.52. The molecule has 0 unspecified atom stereocenters. The average molecular weight is 474 g/mol. The van der Waals surface area contributed by atoms with Gasteiger partial charge in [0.2, 0.25) is 6.79 Å². The molecular weight excluding hydrogens is 453 g/mol. The lowest BCUT2D eigenvalue weighted by atomic mass is 9.97. The van der Waals surface area contributed by atoms with Crippen LogP contribution in [-0.2, 0) is 6.54 Å². The number of aromatic nitrogens is 2. The third kappa shape index (κ3) is 4.20. The number of carbonyl (C=O) groups is 1. The maximum absolute atomic E-state index is 13.9. The minimum atomic E-state index is -4.53. The van der Waals surface area contributed by atoms with Crippen molar-refractivity contribution in [1.29, 1.82) is 0 Å². The summed E-state index contributed by atoms with van der Waals surface area (Å²) < 4.78 is 58.2. The van der Waals surface area contributed by atoms with Crippen molar-refractivity contribution in [2.75, 3.05) is 19.2 Å². The molecule has 0 spiro atoms. The highest BCUT2D eigenvalue weighted by atomic mass is 19.4. The number of hydrogen-bond donors (Lipinski definition) is 2. The fourth-order valence-corrected chi connectivity index (χ4v) is 4.06. The quantitative estimate of drug-likeness (QED) is 0.576. The molecule has 11 heteroatoms. The van der Waals surface area contributed by atoms with Crippen molar-refractivity contribution < 1.29 is 32.2 Å². The molecule has 0 saturated heterocycles. The van der Waals surface area contributed by atoms with E-state index < -0.39 is 24.2 Å². The fraction of sp³-hybridized carbons (Fsp3) is 0.304. The number of anilines is 1. The third-order valence-electron chi connectivity index (χ3n) is 5.83. The summed E-state index contributed by atoms with van der Waals surface area (Å²) in [5.41, 5.74) is 1.33. The largest absolute Gasteiger partial charge is 0.497 e. The SMILES string of the molecule is COc1ccc([C@@H]2C[C@@H](C(F)(F)F)n3nc(C(=O)NCc4ccc5c(c4)OCO5)cc3N2)cc1. The Kier molecular flexibility index (Phi) is 5.46. The van der Waals surface area contributed by atoms with Crippen molar-refractivity contribution in [2.24, 2.45) is 0 Å². The van der Waals surface area contributed by atoms with Gasteiger partial charge in [-0.2, -0.15) is 18.3 Å². The van der Waals surface area contributed by atoms with E-state index in [1.54, 1.807) is 42.5 Å². The van der Waals surface area contributed by atoms with Gasteiger partial charge in [0.15, 0.2) is 23.2 Å². The second-order valence-corrected chi connectivity index (χ2v) is 7.99. The van der Waals surface area contributed by atoms with Crippen molar-refractivity contribution in [3.05, 3.63) is 65.4 Å². The van der Waals surface area contributed by atoms with Crippen molar-refractivity contribution in [3.63, 3.8) is 0 Å². The molecule has 2 N–H and O–H groups in total. The number of ether oxygens (including phenoxy) is 3. The molecule has 5 rings (SSSR count). The van der Waals surface area contributed by atoms with Gasteiger partial charge in [-0.3, -0.25) is 4.79 Å². The highest BCUT2D eigenvalue weighted by molar-refractivity contribution is 5.93. The van der Waals surface area contributed by atoms with Crippen LogP contribution in [0.1, 0.15) is 40.1 Å². The number of methoxy groups -OCH3 is 1. The molecule has 2 atom stereocenters. The van der Waals surface area contributed by atoms with Crippen molar-refractivity contribution in [2.45, 2.75) is 31.2 Å². The predicted octanol–water partition coefficient (Wildman–Crippen LogP) is 4.21. The Hall–Kier alpha value is -3.89. The summed E-state index contributed by atoms with van der Waals surface area (Å²) in [6, 6.07) is 10.9. The number of fused-ring (bicyclic) bond motifs is 2. The van der Waals surface area contributed by atoms with E-state index in [0.29, 0.717) is 22.8 Å². The summed E-state index contributed by atoms with van der Waals surface area (Å²) >= 11 is 0. The first-order chi connectivity index (χ1) is 16.3. The second kappa shape index (κ2) is 8.47. The van der Waals surface area contributed by atoms with Crippen LogP contribution >= 0.6 is 0 Å². The van der Waals surface area contributed by atoms with E-state index in [9.17, 15) is 18.0 Å². The Balaban J connectivity index is 1.35. The number of rotatable bonds is 5. The molecule has 3 aromatic rings. The fourth-order valence-electron chi connectivity index (χ4n) is 4.06. The van der Waals surface area contributed by atoms with Gasteiger partial charge in [-0.1, -0.05) is 18.2 Å². The summed E-state index contributed by atoms with van der Waals surface area (Å²) in [6.45, 7) is 0.290. The van der Waals surface area contributed by atoms with Crippen molar-refractivity contribution >= 4 is 11.7 Å².